The molecule has 1 atom stereocenters. The molecule has 6 heteroatoms. The van der Waals surface area contributed by atoms with Crippen molar-refractivity contribution in [1.82, 2.24) is 9.80 Å². The van der Waals surface area contributed by atoms with Gasteiger partial charge in [-0.15, -0.1) is 0 Å². The monoisotopic (exact) mass is 383 g/mol. The minimum Gasteiger partial charge on any atom is -0.341 e. The molecule has 3 amide bonds. The zero-order valence-corrected chi connectivity index (χ0v) is 16.7. The first-order valence-electron chi connectivity index (χ1n) is 10.6. The Balaban J connectivity index is 1.60. The van der Waals surface area contributed by atoms with Gasteiger partial charge in [-0.1, -0.05) is 13.0 Å². The molecule has 3 fully saturated rings. The van der Waals surface area contributed by atoms with Crippen molar-refractivity contribution in [1.29, 1.82) is 0 Å². The van der Waals surface area contributed by atoms with E-state index in [-0.39, 0.29) is 17.7 Å². The molecule has 1 unspecified atom stereocenters. The molecule has 0 radical (unpaired) electrons. The van der Waals surface area contributed by atoms with E-state index in [9.17, 15) is 14.4 Å². The van der Waals surface area contributed by atoms with Crippen LogP contribution in [0, 0.1) is 0 Å². The maximum absolute atomic E-state index is 13.4. The molecule has 6 nitrogen and oxygen atoms in total. The number of nitrogens with zero attached hydrogens (tertiary/aromatic N) is 3. The Kier molecular flexibility index (Phi) is 5.13. The second kappa shape index (κ2) is 7.57. The van der Waals surface area contributed by atoms with Crippen LogP contribution in [0.3, 0.4) is 0 Å². The van der Waals surface area contributed by atoms with E-state index < -0.39 is 5.54 Å². The number of hydrogen-bond donors (Lipinski definition) is 0. The summed E-state index contributed by atoms with van der Waals surface area (Å²) in [7, 11) is 0. The Morgan fingerprint density at radius 1 is 1.07 bits per heavy atom. The summed E-state index contributed by atoms with van der Waals surface area (Å²) >= 11 is 0. The zero-order chi connectivity index (χ0) is 19.7. The lowest BCUT2D eigenvalue weighted by Crippen LogP contribution is -2.61. The van der Waals surface area contributed by atoms with E-state index in [0.29, 0.717) is 25.1 Å². The highest BCUT2D eigenvalue weighted by Crippen LogP contribution is 2.39. The highest BCUT2D eigenvalue weighted by molar-refractivity contribution is 6.02. The van der Waals surface area contributed by atoms with E-state index in [1.165, 1.54) is 0 Å². The smallest absolute Gasteiger partial charge is 0.254 e. The van der Waals surface area contributed by atoms with Gasteiger partial charge in [0.05, 0.1) is 0 Å². The molecule has 28 heavy (non-hydrogen) atoms. The second-order valence-corrected chi connectivity index (χ2v) is 8.19. The number of carbonyl (C=O) groups is 3. The third-order valence-corrected chi connectivity index (χ3v) is 6.41. The van der Waals surface area contributed by atoms with Crippen molar-refractivity contribution in [3.05, 3.63) is 29.8 Å². The van der Waals surface area contributed by atoms with Gasteiger partial charge in [-0.3, -0.25) is 14.4 Å². The summed E-state index contributed by atoms with van der Waals surface area (Å²) in [5.41, 5.74) is 0.673. The molecule has 0 bridgehead atoms. The molecule has 1 aromatic rings. The van der Waals surface area contributed by atoms with Crippen LogP contribution in [-0.2, 0) is 9.59 Å². The molecule has 3 heterocycles. The zero-order valence-electron chi connectivity index (χ0n) is 16.7. The van der Waals surface area contributed by atoms with Crippen LogP contribution >= 0.6 is 0 Å². The van der Waals surface area contributed by atoms with Crippen LogP contribution in [-0.4, -0.2) is 59.2 Å². The van der Waals surface area contributed by atoms with Crippen LogP contribution in [0.4, 0.5) is 5.69 Å². The van der Waals surface area contributed by atoms with Crippen LogP contribution in [0.2, 0.25) is 0 Å². The van der Waals surface area contributed by atoms with Gasteiger partial charge in [0.25, 0.3) is 5.91 Å². The van der Waals surface area contributed by atoms with Crippen molar-refractivity contribution in [3.63, 3.8) is 0 Å². The molecule has 1 spiro atoms. The van der Waals surface area contributed by atoms with E-state index in [1.54, 1.807) is 11.0 Å². The molecule has 1 aromatic carbocycles. The van der Waals surface area contributed by atoms with E-state index in [4.69, 9.17) is 0 Å². The first-order chi connectivity index (χ1) is 13.6. The second-order valence-electron chi connectivity index (χ2n) is 8.19. The summed E-state index contributed by atoms with van der Waals surface area (Å²) < 4.78 is 0. The number of hydrogen-bond acceptors (Lipinski definition) is 3. The van der Waals surface area contributed by atoms with Crippen LogP contribution in [0.5, 0.6) is 0 Å². The quantitative estimate of drug-likeness (QED) is 0.803. The van der Waals surface area contributed by atoms with E-state index in [2.05, 4.69) is 6.92 Å². The summed E-state index contributed by atoms with van der Waals surface area (Å²) in [5, 5.41) is 0. The molecule has 4 rings (SSSR count). The third kappa shape index (κ3) is 3.09. The van der Waals surface area contributed by atoms with E-state index >= 15 is 0 Å². The maximum Gasteiger partial charge on any atom is 0.254 e. The van der Waals surface area contributed by atoms with Crippen LogP contribution in [0.25, 0.3) is 0 Å². The summed E-state index contributed by atoms with van der Waals surface area (Å²) in [4.78, 5) is 44.3. The summed E-state index contributed by atoms with van der Waals surface area (Å²) in [6.07, 6.45) is 5.66. The van der Waals surface area contributed by atoms with Gasteiger partial charge in [0.2, 0.25) is 11.8 Å². The number of benzene rings is 1. The third-order valence-electron chi connectivity index (χ3n) is 6.41. The SMILES string of the molecule is CCCN1CCCC2(CCCN2C(=O)c2cccc(N3CCCC3=O)c2)C1=O. The van der Waals surface area contributed by atoms with Crippen LogP contribution < -0.4 is 4.90 Å². The Morgan fingerprint density at radius 2 is 1.86 bits per heavy atom. The van der Waals surface area contributed by atoms with Gasteiger partial charge >= 0.3 is 0 Å². The number of anilines is 1. The number of rotatable bonds is 4. The molecule has 0 saturated carbocycles. The Hall–Kier alpha value is -2.37. The molecule has 150 valence electrons. The summed E-state index contributed by atoms with van der Waals surface area (Å²) in [6, 6.07) is 7.34. The van der Waals surface area contributed by atoms with Gasteiger partial charge in [0, 0.05) is 43.9 Å². The first kappa shape index (κ1) is 19.0. The van der Waals surface area contributed by atoms with Crippen molar-refractivity contribution < 1.29 is 14.4 Å². The van der Waals surface area contributed by atoms with E-state index in [0.717, 1.165) is 57.3 Å². The fraction of sp³-hybridized carbons (Fsp3) is 0.591. The van der Waals surface area contributed by atoms with E-state index in [1.807, 2.05) is 28.0 Å². The fourth-order valence-electron chi connectivity index (χ4n) is 5.09. The van der Waals surface area contributed by atoms with Crippen molar-refractivity contribution in [2.45, 2.75) is 57.4 Å². The Labute approximate surface area is 166 Å². The average Bonchev–Trinajstić information content (AvgIpc) is 3.32. The lowest BCUT2D eigenvalue weighted by molar-refractivity contribution is -0.145. The number of carbonyl (C=O) groups excluding carboxylic acids is 3. The summed E-state index contributed by atoms with van der Waals surface area (Å²) in [6.45, 7) is 4.96. The highest BCUT2D eigenvalue weighted by atomic mass is 16.2. The molecule has 3 saturated heterocycles. The van der Waals surface area contributed by atoms with Crippen LogP contribution in [0.1, 0.15) is 62.2 Å². The van der Waals surface area contributed by atoms with Gasteiger partial charge in [-0.25, -0.2) is 0 Å². The average molecular weight is 383 g/mol. The Morgan fingerprint density at radius 3 is 2.57 bits per heavy atom. The molecule has 3 aliphatic rings. The lowest BCUT2D eigenvalue weighted by Gasteiger charge is -2.44. The highest BCUT2D eigenvalue weighted by Gasteiger charge is 2.52. The standard InChI is InChI=1S/C22H29N3O3/c1-2-12-23-13-5-10-22(21(23)28)11-6-15-25(22)20(27)17-7-3-8-18(16-17)24-14-4-9-19(24)26/h3,7-8,16H,2,4-6,9-15H2,1H3. The van der Waals surface area contributed by atoms with Gasteiger partial charge in [-0.05, 0) is 56.7 Å². The molecule has 0 aliphatic carbocycles. The number of likely N-dealkylation sites (tertiary alicyclic amines) is 2. The number of piperidine rings is 1. The lowest BCUT2D eigenvalue weighted by atomic mass is 9.85. The Bertz CT molecular complexity index is 791. The predicted octanol–water partition coefficient (Wildman–Crippen LogP) is 2.82. The van der Waals surface area contributed by atoms with Gasteiger partial charge < -0.3 is 14.7 Å². The minimum absolute atomic E-state index is 0.0855. The molecule has 0 N–H and O–H groups in total. The molecule has 0 aromatic heterocycles. The number of amides is 3. The molecule has 3 aliphatic heterocycles. The van der Waals surface area contributed by atoms with Crippen LogP contribution in [0.15, 0.2) is 24.3 Å². The van der Waals surface area contributed by atoms with Crippen molar-refractivity contribution >= 4 is 23.4 Å². The van der Waals surface area contributed by atoms with Crippen molar-refractivity contribution in [2.24, 2.45) is 0 Å². The molecular formula is C22H29N3O3. The van der Waals surface area contributed by atoms with Crippen molar-refractivity contribution in [3.8, 4) is 0 Å². The largest absolute Gasteiger partial charge is 0.341 e. The molecular weight excluding hydrogens is 354 g/mol. The topological polar surface area (TPSA) is 60.9 Å². The fourth-order valence-corrected chi connectivity index (χ4v) is 5.09. The minimum atomic E-state index is -0.677. The van der Waals surface area contributed by atoms with Crippen molar-refractivity contribution in [2.75, 3.05) is 31.1 Å². The summed E-state index contributed by atoms with van der Waals surface area (Å²) in [5.74, 6) is 0.148. The predicted molar refractivity (Wildman–Crippen MR) is 107 cm³/mol. The normalized spacial score (nSPS) is 25.2. The van der Waals surface area contributed by atoms with Gasteiger partial charge in [-0.2, -0.15) is 0 Å². The van der Waals surface area contributed by atoms with Gasteiger partial charge in [0.1, 0.15) is 5.54 Å². The first-order valence-corrected chi connectivity index (χ1v) is 10.6. The maximum atomic E-state index is 13.4. The van der Waals surface area contributed by atoms with Gasteiger partial charge in [0.15, 0.2) is 0 Å².